The monoisotopic (exact) mass is 434 g/mol. The molecule has 0 bridgehead atoms. The quantitative estimate of drug-likeness (QED) is 0.681. The summed E-state index contributed by atoms with van der Waals surface area (Å²) in [4.78, 5) is 21.0. The summed E-state index contributed by atoms with van der Waals surface area (Å²) in [6.07, 6.45) is 4.28. The molecule has 32 heavy (non-hydrogen) atoms. The highest BCUT2D eigenvalue weighted by molar-refractivity contribution is 5.76. The van der Waals surface area contributed by atoms with Crippen LogP contribution >= 0.6 is 0 Å². The van der Waals surface area contributed by atoms with Crippen LogP contribution in [0, 0.1) is 5.41 Å². The largest absolute Gasteiger partial charge is 0.324 e. The van der Waals surface area contributed by atoms with E-state index >= 15 is 0 Å². The van der Waals surface area contributed by atoms with Crippen molar-refractivity contribution in [3.05, 3.63) is 48.2 Å². The number of nitrogens with one attached hydrogen (secondary N) is 1. The fourth-order valence-electron chi connectivity index (χ4n) is 4.59. The first-order chi connectivity index (χ1) is 15.4. The maximum atomic E-state index is 12.9. The summed E-state index contributed by atoms with van der Waals surface area (Å²) in [5.74, 6) is 1.52. The number of nitrogens with zero attached hydrogens (tertiary/aromatic N) is 7. The Kier molecular flexibility index (Phi) is 5.19. The third-order valence-corrected chi connectivity index (χ3v) is 6.35. The van der Waals surface area contributed by atoms with Crippen LogP contribution < -0.4 is 0 Å². The van der Waals surface area contributed by atoms with E-state index in [4.69, 9.17) is 0 Å². The lowest BCUT2D eigenvalue weighted by atomic mass is 9.91. The van der Waals surface area contributed by atoms with Crippen LogP contribution in [-0.4, -0.2) is 72.2 Å². The van der Waals surface area contributed by atoms with Gasteiger partial charge in [0.05, 0.1) is 11.9 Å². The Morgan fingerprint density at radius 3 is 2.53 bits per heavy atom. The van der Waals surface area contributed by atoms with Gasteiger partial charge in [-0.3, -0.25) is 5.10 Å². The second kappa shape index (κ2) is 8.03. The highest BCUT2D eigenvalue weighted by Gasteiger charge is 2.37. The van der Waals surface area contributed by atoms with Crippen LogP contribution in [0.1, 0.15) is 50.4 Å². The number of urea groups is 1. The SMILES string of the molecule is CC(C)(C)Cn1nncc1-c1ccc(C2CN(C(=O)N3CC[C@H](c4ncn[nH]4)C3)C2)cc1. The van der Waals surface area contributed by atoms with Crippen LogP contribution in [0.2, 0.25) is 0 Å². The van der Waals surface area contributed by atoms with Gasteiger partial charge in [0.1, 0.15) is 12.2 Å². The van der Waals surface area contributed by atoms with Crippen molar-refractivity contribution in [1.82, 2.24) is 40.0 Å². The molecule has 2 aromatic heterocycles. The second-order valence-corrected chi connectivity index (χ2v) is 10.1. The highest BCUT2D eigenvalue weighted by atomic mass is 16.2. The van der Waals surface area contributed by atoms with E-state index < -0.39 is 0 Å². The fraction of sp³-hybridized carbons (Fsp3) is 0.522. The molecule has 3 aromatic rings. The van der Waals surface area contributed by atoms with Crippen molar-refractivity contribution >= 4 is 6.03 Å². The molecule has 0 spiro atoms. The van der Waals surface area contributed by atoms with Crippen molar-refractivity contribution in [2.24, 2.45) is 5.41 Å². The smallest absolute Gasteiger partial charge is 0.320 e. The Bertz CT molecular complexity index is 1060. The molecule has 0 radical (unpaired) electrons. The highest BCUT2D eigenvalue weighted by Crippen LogP contribution is 2.32. The Morgan fingerprint density at radius 2 is 1.84 bits per heavy atom. The summed E-state index contributed by atoms with van der Waals surface area (Å²) in [5, 5.41) is 15.2. The third kappa shape index (κ3) is 4.11. The number of H-pyrrole nitrogens is 1. The first kappa shape index (κ1) is 20.7. The van der Waals surface area contributed by atoms with Gasteiger partial charge in [0.25, 0.3) is 0 Å². The van der Waals surface area contributed by atoms with Gasteiger partial charge in [0, 0.05) is 50.1 Å². The number of amides is 2. The lowest BCUT2D eigenvalue weighted by molar-refractivity contribution is 0.121. The van der Waals surface area contributed by atoms with Crippen molar-refractivity contribution in [2.45, 2.75) is 45.6 Å². The Labute approximate surface area is 187 Å². The van der Waals surface area contributed by atoms with E-state index in [1.165, 1.54) is 11.9 Å². The van der Waals surface area contributed by atoms with Crippen LogP contribution in [0.15, 0.2) is 36.8 Å². The predicted molar refractivity (Wildman–Crippen MR) is 120 cm³/mol. The summed E-state index contributed by atoms with van der Waals surface area (Å²) in [6.45, 7) is 10.4. The molecule has 9 heteroatoms. The molecular formula is C23H30N8O. The average Bonchev–Trinajstić information content (AvgIpc) is 3.47. The molecule has 5 rings (SSSR count). The molecule has 1 atom stereocenters. The van der Waals surface area contributed by atoms with Gasteiger partial charge in [0.2, 0.25) is 0 Å². The lowest BCUT2D eigenvalue weighted by Gasteiger charge is -2.41. The van der Waals surface area contributed by atoms with E-state index in [1.54, 1.807) is 0 Å². The summed E-state index contributed by atoms with van der Waals surface area (Å²) in [6, 6.07) is 8.76. The minimum Gasteiger partial charge on any atom is -0.324 e. The van der Waals surface area contributed by atoms with Gasteiger partial charge in [-0.1, -0.05) is 50.3 Å². The zero-order chi connectivity index (χ0) is 22.3. The number of aromatic nitrogens is 6. The standard InChI is InChI=1S/C23H30N8O/c1-23(2,3)14-31-20(10-25-28-31)17-6-4-16(5-7-17)19-12-30(13-19)22(32)29-9-8-18(11-29)21-24-15-26-27-21/h4-7,10,15,18-19H,8-9,11-14H2,1-3H3,(H,24,26,27)/t18-/m0/s1. The number of carbonyl (C=O) groups excluding carboxylic acids is 1. The number of hydrogen-bond acceptors (Lipinski definition) is 5. The first-order valence-electron chi connectivity index (χ1n) is 11.3. The van der Waals surface area contributed by atoms with E-state index in [0.29, 0.717) is 12.5 Å². The summed E-state index contributed by atoms with van der Waals surface area (Å²) in [7, 11) is 0. The van der Waals surface area contributed by atoms with Gasteiger partial charge in [-0.15, -0.1) is 5.10 Å². The topological polar surface area (TPSA) is 95.8 Å². The average molecular weight is 435 g/mol. The minimum atomic E-state index is 0.133. The van der Waals surface area contributed by atoms with E-state index in [9.17, 15) is 4.79 Å². The molecule has 2 saturated heterocycles. The Morgan fingerprint density at radius 1 is 1.09 bits per heavy atom. The van der Waals surface area contributed by atoms with Gasteiger partial charge >= 0.3 is 6.03 Å². The van der Waals surface area contributed by atoms with Crippen LogP contribution in [0.4, 0.5) is 4.79 Å². The van der Waals surface area contributed by atoms with Crippen LogP contribution in [-0.2, 0) is 6.54 Å². The number of hydrogen-bond donors (Lipinski definition) is 1. The van der Waals surface area contributed by atoms with E-state index in [1.807, 2.05) is 20.7 Å². The fourth-order valence-corrected chi connectivity index (χ4v) is 4.59. The predicted octanol–water partition coefficient (Wildman–Crippen LogP) is 3.12. The number of rotatable bonds is 4. The maximum absolute atomic E-state index is 12.9. The molecule has 2 aliphatic rings. The van der Waals surface area contributed by atoms with Crippen molar-refractivity contribution in [2.75, 3.05) is 26.2 Å². The molecule has 4 heterocycles. The molecule has 168 valence electrons. The molecule has 1 aromatic carbocycles. The molecule has 2 amide bonds. The zero-order valence-corrected chi connectivity index (χ0v) is 18.9. The molecular weight excluding hydrogens is 404 g/mol. The first-order valence-corrected chi connectivity index (χ1v) is 11.3. The van der Waals surface area contributed by atoms with Gasteiger partial charge in [-0.2, -0.15) is 5.10 Å². The van der Waals surface area contributed by atoms with Gasteiger partial charge in [-0.05, 0) is 17.4 Å². The molecule has 0 unspecified atom stereocenters. The summed E-state index contributed by atoms with van der Waals surface area (Å²) < 4.78 is 1.97. The molecule has 2 fully saturated rings. The van der Waals surface area contributed by atoms with Crippen molar-refractivity contribution < 1.29 is 4.79 Å². The van der Waals surface area contributed by atoms with Gasteiger partial charge in [0.15, 0.2) is 0 Å². The number of carbonyl (C=O) groups is 1. The van der Waals surface area contributed by atoms with E-state index in [2.05, 4.69) is 70.5 Å². The number of benzene rings is 1. The molecule has 1 N–H and O–H groups in total. The summed E-state index contributed by atoms with van der Waals surface area (Å²) in [5.41, 5.74) is 3.56. The van der Waals surface area contributed by atoms with Gasteiger partial charge in [-0.25, -0.2) is 14.5 Å². The Balaban J connectivity index is 1.17. The van der Waals surface area contributed by atoms with Crippen molar-refractivity contribution in [3.63, 3.8) is 0 Å². The normalized spacial score (nSPS) is 19.4. The van der Waals surface area contributed by atoms with Crippen LogP contribution in [0.5, 0.6) is 0 Å². The lowest BCUT2D eigenvalue weighted by Crippen LogP contribution is -2.53. The summed E-state index contributed by atoms with van der Waals surface area (Å²) >= 11 is 0. The minimum absolute atomic E-state index is 0.133. The van der Waals surface area contributed by atoms with Crippen LogP contribution in [0.25, 0.3) is 11.3 Å². The maximum Gasteiger partial charge on any atom is 0.320 e. The molecule has 0 aliphatic carbocycles. The van der Waals surface area contributed by atoms with Crippen LogP contribution in [0.3, 0.4) is 0 Å². The van der Waals surface area contributed by atoms with E-state index in [0.717, 1.165) is 49.7 Å². The van der Waals surface area contributed by atoms with E-state index in [-0.39, 0.29) is 17.4 Å². The van der Waals surface area contributed by atoms with Crippen molar-refractivity contribution in [3.8, 4) is 11.3 Å². The third-order valence-electron chi connectivity index (χ3n) is 6.35. The van der Waals surface area contributed by atoms with Crippen molar-refractivity contribution in [1.29, 1.82) is 0 Å². The molecule has 9 nitrogen and oxygen atoms in total. The zero-order valence-electron chi connectivity index (χ0n) is 18.9. The van der Waals surface area contributed by atoms with Gasteiger partial charge < -0.3 is 9.80 Å². The molecule has 2 aliphatic heterocycles. The molecule has 0 saturated carbocycles. The number of likely N-dealkylation sites (tertiary alicyclic amines) is 2. The second-order valence-electron chi connectivity index (χ2n) is 10.1. The Hall–Kier alpha value is -3.23. The number of aromatic amines is 1.